The van der Waals surface area contributed by atoms with E-state index in [0.717, 1.165) is 77.0 Å². The SMILES string of the molecule is C=CC(=O)OCCCCCCCCOP(=O)(OC)OCCCCCCCCOC(=O)C=C. The van der Waals surface area contributed by atoms with Gasteiger partial charge in [-0.3, -0.25) is 13.6 Å². The standard InChI is InChI=1S/C23H41O8P/c1-4-22(24)28-18-14-10-6-8-12-16-20-30-32(26,27-3)31-21-17-13-9-7-11-15-19-29-23(25)5-2/h4-5H,1-2,6-21H2,3H3. The number of hydrogen-bond acceptors (Lipinski definition) is 8. The van der Waals surface area contributed by atoms with Gasteiger partial charge in [0.1, 0.15) is 0 Å². The molecule has 186 valence electrons. The highest BCUT2D eigenvalue weighted by atomic mass is 31.2. The number of ether oxygens (including phenoxy) is 2. The van der Waals surface area contributed by atoms with Gasteiger partial charge in [0, 0.05) is 19.3 Å². The molecule has 0 bridgehead atoms. The molecule has 0 saturated carbocycles. The quantitative estimate of drug-likeness (QED) is 0.0776. The van der Waals surface area contributed by atoms with Gasteiger partial charge >= 0.3 is 19.8 Å². The first-order valence-electron chi connectivity index (χ1n) is 11.5. The average molecular weight is 477 g/mol. The molecule has 0 fully saturated rings. The van der Waals surface area contributed by atoms with E-state index in [9.17, 15) is 14.2 Å². The molecule has 0 spiro atoms. The van der Waals surface area contributed by atoms with Crippen LogP contribution in [0.2, 0.25) is 0 Å². The second-order valence-corrected chi connectivity index (χ2v) is 9.06. The van der Waals surface area contributed by atoms with Crippen LogP contribution in [0.4, 0.5) is 0 Å². The van der Waals surface area contributed by atoms with E-state index in [4.69, 9.17) is 23.0 Å². The fourth-order valence-corrected chi connectivity index (χ4v) is 3.77. The summed E-state index contributed by atoms with van der Waals surface area (Å²) in [5.74, 6) is -0.764. The van der Waals surface area contributed by atoms with Gasteiger partial charge in [-0.25, -0.2) is 14.2 Å². The van der Waals surface area contributed by atoms with Gasteiger partial charge in [0.05, 0.1) is 26.4 Å². The summed E-state index contributed by atoms with van der Waals surface area (Å²) in [5.41, 5.74) is 0. The molecule has 0 unspecified atom stereocenters. The Hall–Kier alpha value is -1.47. The Bertz CT molecular complexity index is 520. The molecule has 0 saturated heterocycles. The zero-order valence-corrected chi connectivity index (χ0v) is 20.5. The molecule has 0 aliphatic carbocycles. The van der Waals surface area contributed by atoms with Crippen molar-refractivity contribution in [2.24, 2.45) is 0 Å². The molecule has 0 N–H and O–H groups in total. The third kappa shape index (κ3) is 19.2. The van der Waals surface area contributed by atoms with Crippen LogP contribution < -0.4 is 0 Å². The Morgan fingerprint density at radius 3 is 1.25 bits per heavy atom. The van der Waals surface area contributed by atoms with Gasteiger partial charge in [-0.15, -0.1) is 0 Å². The van der Waals surface area contributed by atoms with Gasteiger partial charge < -0.3 is 9.47 Å². The van der Waals surface area contributed by atoms with Gasteiger partial charge in [0.15, 0.2) is 0 Å². The van der Waals surface area contributed by atoms with E-state index in [1.54, 1.807) is 0 Å². The summed E-state index contributed by atoms with van der Waals surface area (Å²) < 4.78 is 37.9. The number of carbonyl (C=O) groups is 2. The molecule has 0 aromatic carbocycles. The number of phosphoric ester groups is 1. The lowest BCUT2D eigenvalue weighted by molar-refractivity contribution is -0.138. The van der Waals surface area contributed by atoms with Crippen LogP contribution in [0.5, 0.6) is 0 Å². The minimum Gasteiger partial charge on any atom is -0.463 e. The summed E-state index contributed by atoms with van der Waals surface area (Å²) in [6, 6.07) is 0. The van der Waals surface area contributed by atoms with Crippen molar-refractivity contribution in [1.82, 2.24) is 0 Å². The van der Waals surface area contributed by atoms with Crippen LogP contribution in [0.25, 0.3) is 0 Å². The Kier molecular flexibility index (Phi) is 20.4. The Labute approximate surface area is 193 Å². The molecule has 9 heteroatoms. The third-order valence-corrected chi connectivity index (χ3v) is 6.07. The maximum absolute atomic E-state index is 12.4. The monoisotopic (exact) mass is 476 g/mol. The van der Waals surface area contributed by atoms with E-state index in [0.29, 0.717) is 26.4 Å². The predicted octanol–water partition coefficient (Wildman–Crippen LogP) is 5.91. The van der Waals surface area contributed by atoms with Crippen LogP contribution in [-0.4, -0.2) is 45.5 Å². The summed E-state index contributed by atoms with van der Waals surface area (Å²) in [4.78, 5) is 21.8. The molecule has 8 nitrogen and oxygen atoms in total. The number of esters is 2. The van der Waals surface area contributed by atoms with Crippen LogP contribution in [0.1, 0.15) is 77.0 Å². The summed E-state index contributed by atoms with van der Waals surface area (Å²) in [7, 11) is -2.15. The molecule has 0 aromatic rings. The van der Waals surface area contributed by atoms with Gasteiger partial charge in [-0.05, 0) is 25.7 Å². The maximum atomic E-state index is 12.4. The van der Waals surface area contributed by atoms with Gasteiger partial charge in [0.25, 0.3) is 0 Å². The molecule has 32 heavy (non-hydrogen) atoms. The second kappa shape index (κ2) is 21.4. The fraction of sp³-hybridized carbons (Fsp3) is 0.739. The van der Waals surface area contributed by atoms with Crippen LogP contribution in [0, 0.1) is 0 Å². The summed E-state index contributed by atoms with van der Waals surface area (Å²) in [6.45, 7) is 8.21. The van der Waals surface area contributed by atoms with E-state index in [1.165, 1.54) is 19.3 Å². The molecule has 0 rings (SSSR count). The van der Waals surface area contributed by atoms with Crippen molar-refractivity contribution in [2.75, 3.05) is 33.5 Å². The Morgan fingerprint density at radius 1 is 0.625 bits per heavy atom. The van der Waals surface area contributed by atoms with Crippen LogP contribution in [0.3, 0.4) is 0 Å². The first-order chi connectivity index (χ1) is 15.5. The van der Waals surface area contributed by atoms with Gasteiger partial charge in [0.2, 0.25) is 0 Å². The zero-order chi connectivity index (χ0) is 23.9. The molecule has 0 aliphatic rings. The number of phosphoric acid groups is 1. The number of rotatable bonds is 23. The maximum Gasteiger partial charge on any atom is 0.474 e. The normalized spacial score (nSPS) is 11.2. The van der Waals surface area contributed by atoms with Crippen molar-refractivity contribution >= 4 is 19.8 Å². The van der Waals surface area contributed by atoms with Crippen molar-refractivity contribution in [1.29, 1.82) is 0 Å². The molecule has 0 aromatic heterocycles. The summed E-state index contributed by atoms with van der Waals surface area (Å²) in [5, 5.41) is 0. The molecule has 0 atom stereocenters. The highest BCUT2D eigenvalue weighted by Gasteiger charge is 2.24. The van der Waals surface area contributed by atoms with Gasteiger partial charge in [-0.1, -0.05) is 64.5 Å². The van der Waals surface area contributed by atoms with Crippen molar-refractivity contribution in [3.05, 3.63) is 25.3 Å². The first-order valence-corrected chi connectivity index (χ1v) is 13.0. The molecule has 0 amide bonds. The summed E-state index contributed by atoms with van der Waals surface area (Å²) in [6.07, 6.45) is 13.7. The zero-order valence-electron chi connectivity index (χ0n) is 19.6. The highest BCUT2D eigenvalue weighted by molar-refractivity contribution is 7.48. The van der Waals surface area contributed by atoms with Crippen molar-refractivity contribution in [3.63, 3.8) is 0 Å². The van der Waals surface area contributed by atoms with E-state index in [2.05, 4.69) is 13.2 Å². The van der Waals surface area contributed by atoms with Crippen molar-refractivity contribution in [3.8, 4) is 0 Å². The molecule has 0 heterocycles. The second-order valence-electron chi connectivity index (χ2n) is 7.28. The third-order valence-electron chi connectivity index (χ3n) is 4.62. The minimum atomic E-state index is -3.48. The first kappa shape index (κ1) is 30.5. The molecular formula is C23H41O8P. The van der Waals surface area contributed by atoms with E-state index < -0.39 is 7.82 Å². The van der Waals surface area contributed by atoms with Crippen LogP contribution in [0.15, 0.2) is 25.3 Å². The summed E-state index contributed by atoms with van der Waals surface area (Å²) >= 11 is 0. The molecular weight excluding hydrogens is 435 g/mol. The number of carbonyl (C=O) groups excluding carboxylic acids is 2. The number of hydrogen-bond donors (Lipinski definition) is 0. The lowest BCUT2D eigenvalue weighted by Crippen LogP contribution is -2.02. The lowest BCUT2D eigenvalue weighted by Gasteiger charge is -2.15. The Balaban J connectivity index is 3.55. The average Bonchev–Trinajstić information content (AvgIpc) is 2.80. The van der Waals surface area contributed by atoms with Crippen LogP contribution in [-0.2, 0) is 37.2 Å². The van der Waals surface area contributed by atoms with E-state index in [-0.39, 0.29) is 11.9 Å². The number of unbranched alkanes of at least 4 members (excludes halogenated alkanes) is 10. The fourth-order valence-electron chi connectivity index (χ4n) is 2.78. The van der Waals surface area contributed by atoms with E-state index >= 15 is 0 Å². The minimum absolute atomic E-state index is 0.332. The van der Waals surface area contributed by atoms with Gasteiger partial charge in [-0.2, -0.15) is 0 Å². The highest BCUT2D eigenvalue weighted by Crippen LogP contribution is 2.48. The largest absolute Gasteiger partial charge is 0.474 e. The molecule has 0 aliphatic heterocycles. The molecule has 0 radical (unpaired) electrons. The van der Waals surface area contributed by atoms with Crippen molar-refractivity contribution in [2.45, 2.75) is 77.0 Å². The Morgan fingerprint density at radius 2 is 0.938 bits per heavy atom. The smallest absolute Gasteiger partial charge is 0.463 e. The predicted molar refractivity (Wildman–Crippen MR) is 124 cm³/mol. The lowest BCUT2D eigenvalue weighted by atomic mass is 10.1. The van der Waals surface area contributed by atoms with E-state index in [1.807, 2.05) is 0 Å². The van der Waals surface area contributed by atoms with Crippen molar-refractivity contribution < 1.29 is 37.2 Å². The van der Waals surface area contributed by atoms with Crippen LogP contribution >= 0.6 is 7.82 Å². The topological polar surface area (TPSA) is 97.4 Å².